The molecule has 4 heteroatoms. The number of hydrogen-bond donors (Lipinski definition) is 1. The summed E-state index contributed by atoms with van der Waals surface area (Å²) in [6.07, 6.45) is 2.27. The smallest absolute Gasteiger partial charge is 0.159 e. The van der Waals surface area contributed by atoms with Gasteiger partial charge in [-0.3, -0.25) is 4.90 Å². The third-order valence-electron chi connectivity index (χ3n) is 4.08. The highest BCUT2D eigenvalue weighted by molar-refractivity contribution is 5.22. The summed E-state index contributed by atoms with van der Waals surface area (Å²) in [6, 6.07) is 4.90. The van der Waals surface area contributed by atoms with Crippen LogP contribution < -0.4 is 5.32 Å². The molecule has 20 heavy (non-hydrogen) atoms. The first kappa shape index (κ1) is 15.4. The van der Waals surface area contributed by atoms with Gasteiger partial charge < -0.3 is 5.32 Å². The second-order valence-corrected chi connectivity index (χ2v) is 6.06. The van der Waals surface area contributed by atoms with Crippen molar-refractivity contribution < 1.29 is 8.78 Å². The normalized spacial score (nSPS) is 24.3. The van der Waals surface area contributed by atoms with Gasteiger partial charge >= 0.3 is 0 Å². The van der Waals surface area contributed by atoms with E-state index in [-0.39, 0.29) is 6.04 Å². The molecule has 0 amide bonds. The quantitative estimate of drug-likeness (QED) is 0.911. The maximum atomic E-state index is 13.5. The number of halogens is 2. The number of hydrogen-bond acceptors (Lipinski definition) is 2. The summed E-state index contributed by atoms with van der Waals surface area (Å²) in [7, 11) is 2.06. The maximum Gasteiger partial charge on any atom is 0.159 e. The maximum absolute atomic E-state index is 13.5. The van der Waals surface area contributed by atoms with Crippen molar-refractivity contribution in [3.05, 3.63) is 35.4 Å². The van der Waals surface area contributed by atoms with Gasteiger partial charge in [-0.2, -0.15) is 0 Å². The van der Waals surface area contributed by atoms with E-state index < -0.39 is 11.6 Å². The van der Waals surface area contributed by atoms with Crippen molar-refractivity contribution in [2.24, 2.45) is 5.92 Å². The fourth-order valence-corrected chi connectivity index (χ4v) is 3.08. The molecule has 0 radical (unpaired) electrons. The van der Waals surface area contributed by atoms with Crippen molar-refractivity contribution in [3.8, 4) is 0 Å². The summed E-state index contributed by atoms with van der Waals surface area (Å²) >= 11 is 0. The molecular formula is C16H24F2N2. The Balaban J connectivity index is 2.20. The van der Waals surface area contributed by atoms with Gasteiger partial charge in [-0.25, -0.2) is 8.78 Å². The highest BCUT2D eigenvalue weighted by Gasteiger charge is 2.30. The van der Waals surface area contributed by atoms with Crippen molar-refractivity contribution >= 4 is 0 Å². The molecule has 1 aliphatic heterocycles. The van der Waals surface area contributed by atoms with Crippen molar-refractivity contribution in [1.29, 1.82) is 0 Å². The van der Waals surface area contributed by atoms with E-state index in [2.05, 4.69) is 31.1 Å². The Kier molecular flexibility index (Phi) is 5.11. The Bertz CT molecular complexity index is 448. The van der Waals surface area contributed by atoms with Crippen LogP contribution in [0.15, 0.2) is 18.2 Å². The minimum absolute atomic E-state index is 0.157. The lowest BCUT2D eigenvalue weighted by atomic mass is 9.84. The number of nitrogens with zero attached hydrogens (tertiary/aromatic N) is 1. The first-order valence-electron chi connectivity index (χ1n) is 7.37. The Morgan fingerprint density at radius 3 is 2.70 bits per heavy atom. The van der Waals surface area contributed by atoms with Crippen LogP contribution in [0.4, 0.5) is 8.78 Å². The van der Waals surface area contributed by atoms with Gasteiger partial charge in [0.15, 0.2) is 11.6 Å². The van der Waals surface area contributed by atoms with Gasteiger partial charge in [0.05, 0.1) is 0 Å². The highest BCUT2D eigenvalue weighted by atomic mass is 19.2. The highest BCUT2D eigenvalue weighted by Crippen LogP contribution is 2.35. The summed E-state index contributed by atoms with van der Waals surface area (Å²) < 4.78 is 26.6. The first-order valence-corrected chi connectivity index (χ1v) is 7.37. The van der Waals surface area contributed by atoms with Gasteiger partial charge in [-0.15, -0.1) is 0 Å². The van der Waals surface area contributed by atoms with E-state index >= 15 is 0 Å². The van der Waals surface area contributed by atoms with Crippen LogP contribution in [0, 0.1) is 17.6 Å². The molecule has 0 aliphatic carbocycles. The zero-order valence-corrected chi connectivity index (χ0v) is 12.5. The predicted octanol–water partition coefficient (Wildman–Crippen LogP) is 3.35. The monoisotopic (exact) mass is 282 g/mol. The number of nitrogens with one attached hydrogen (secondary N) is 1. The Hall–Kier alpha value is -1.00. The minimum Gasteiger partial charge on any atom is -0.314 e. The molecule has 1 saturated heterocycles. The van der Waals surface area contributed by atoms with Crippen LogP contribution in [-0.2, 0) is 0 Å². The van der Waals surface area contributed by atoms with E-state index in [9.17, 15) is 8.78 Å². The van der Waals surface area contributed by atoms with Crippen molar-refractivity contribution in [1.82, 2.24) is 10.2 Å². The summed E-state index contributed by atoms with van der Waals surface area (Å²) in [5.74, 6) is -1.10. The molecule has 0 aromatic heterocycles. The number of piperidine rings is 1. The minimum atomic E-state index is -0.774. The van der Waals surface area contributed by atoms with Crippen LogP contribution in [0.5, 0.6) is 0 Å². The molecule has 1 aromatic carbocycles. The molecule has 0 bridgehead atoms. The molecule has 0 spiro atoms. The SMILES string of the molecule is CC(C)NCC1CCCN(C)C1c1ccc(F)c(F)c1. The molecule has 1 aromatic rings. The van der Waals surface area contributed by atoms with E-state index in [0.29, 0.717) is 12.0 Å². The lowest BCUT2D eigenvalue weighted by Gasteiger charge is -2.40. The molecule has 0 saturated carbocycles. The first-order chi connectivity index (χ1) is 9.49. The predicted molar refractivity (Wildman–Crippen MR) is 77.6 cm³/mol. The van der Waals surface area contributed by atoms with Crippen LogP contribution in [0.3, 0.4) is 0 Å². The van der Waals surface area contributed by atoms with E-state index in [1.165, 1.54) is 12.1 Å². The van der Waals surface area contributed by atoms with Crippen LogP contribution in [0.1, 0.15) is 38.3 Å². The summed E-state index contributed by atoms with van der Waals surface area (Å²) in [4.78, 5) is 2.25. The Labute approximate surface area is 120 Å². The van der Waals surface area contributed by atoms with Crippen molar-refractivity contribution in [2.45, 2.75) is 38.8 Å². The molecule has 1 aliphatic rings. The average Bonchev–Trinajstić information content (AvgIpc) is 2.40. The van der Waals surface area contributed by atoms with Crippen LogP contribution in [-0.4, -0.2) is 31.1 Å². The van der Waals surface area contributed by atoms with E-state index in [1.54, 1.807) is 6.07 Å². The van der Waals surface area contributed by atoms with Gasteiger partial charge in [0.2, 0.25) is 0 Å². The Morgan fingerprint density at radius 2 is 2.05 bits per heavy atom. The standard InChI is InChI=1S/C16H24F2N2/c1-11(2)19-10-13-5-4-8-20(3)16(13)12-6-7-14(17)15(18)9-12/h6-7,9,11,13,16,19H,4-5,8,10H2,1-3H3. The lowest BCUT2D eigenvalue weighted by Crippen LogP contribution is -2.41. The molecule has 112 valence electrons. The van der Waals surface area contributed by atoms with Crippen LogP contribution in [0.2, 0.25) is 0 Å². The third-order valence-corrected chi connectivity index (χ3v) is 4.08. The fraction of sp³-hybridized carbons (Fsp3) is 0.625. The number of rotatable bonds is 4. The van der Waals surface area contributed by atoms with Gasteiger partial charge in [-0.05, 0) is 50.0 Å². The third kappa shape index (κ3) is 3.55. The Morgan fingerprint density at radius 1 is 1.30 bits per heavy atom. The van der Waals surface area contributed by atoms with Crippen LogP contribution >= 0.6 is 0 Å². The summed E-state index contributed by atoms with van der Waals surface area (Å²) in [6.45, 7) is 6.16. The molecule has 2 atom stereocenters. The van der Waals surface area contributed by atoms with Gasteiger partial charge in [0.1, 0.15) is 0 Å². The van der Waals surface area contributed by atoms with E-state index in [1.807, 2.05) is 0 Å². The molecular weight excluding hydrogens is 258 g/mol. The largest absolute Gasteiger partial charge is 0.314 e. The van der Waals surface area contributed by atoms with Crippen LogP contribution in [0.25, 0.3) is 0 Å². The molecule has 2 rings (SSSR count). The van der Waals surface area contributed by atoms with Gasteiger partial charge in [0.25, 0.3) is 0 Å². The second kappa shape index (κ2) is 6.64. The number of likely N-dealkylation sites (tertiary alicyclic amines) is 1. The zero-order chi connectivity index (χ0) is 14.7. The molecule has 2 unspecified atom stereocenters. The molecule has 2 nitrogen and oxygen atoms in total. The van der Waals surface area contributed by atoms with E-state index in [0.717, 1.165) is 31.5 Å². The second-order valence-electron chi connectivity index (χ2n) is 6.06. The fourth-order valence-electron chi connectivity index (χ4n) is 3.08. The van der Waals surface area contributed by atoms with Gasteiger partial charge in [0, 0.05) is 18.6 Å². The van der Waals surface area contributed by atoms with Crippen molar-refractivity contribution in [2.75, 3.05) is 20.1 Å². The van der Waals surface area contributed by atoms with E-state index in [4.69, 9.17) is 0 Å². The molecule has 1 N–H and O–H groups in total. The van der Waals surface area contributed by atoms with Crippen molar-refractivity contribution in [3.63, 3.8) is 0 Å². The topological polar surface area (TPSA) is 15.3 Å². The summed E-state index contributed by atoms with van der Waals surface area (Å²) in [5.41, 5.74) is 0.877. The summed E-state index contributed by atoms with van der Waals surface area (Å²) in [5, 5.41) is 3.47. The molecule has 1 heterocycles. The lowest BCUT2D eigenvalue weighted by molar-refractivity contribution is 0.118. The average molecular weight is 282 g/mol. The van der Waals surface area contributed by atoms with Gasteiger partial charge in [-0.1, -0.05) is 19.9 Å². The zero-order valence-electron chi connectivity index (χ0n) is 12.5. The molecule has 1 fully saturated rings. The number of benzene rings is 1.